The lowest BCUT2D eigenvalue weighted by molar-refractivity contribution is -0.122. The zero-order valence-corrected chi connectivity index (χ0v) is 14.3. The number of benzene rings is 1. The SMILES string of the molecule is COCC1(CNC(=O)CCc2cc3ccccc3o2)CCNCC1. The van der Waals surface area contributed by atoms with E-state index in [1.165, 1.54) is 0 Å². The largest absolute Gasteiger partial charge is 0.461 e. The third-order valence-corrected chi connectivity index (χ3v) is 4.85. The standard InChI is InChI=1S/C19H26N2O3/c1-23-14-19(8-10-20-11-9-19)13-21-18(22)7-6-16-12-15-4-2-3-5-17(15)24-16/h2-5,12,20H,6-11,13-14H2,1H3,(H,21,22). The van der Waals surface area contributed by atoms with Gasteiger partial charge < -0.3 is 19.8 Å². The van der Waals surface area contributed by atoms with Crippen molar-refractivity contribution in [2.45, 2.75) is 25.7 Å². The number of amides is 1. The molecule has 1 aromatic heterocycles. The first kappa shape index (κ1) is 17.0. The Hall–Kier alpha value is -1.85. The molecule has 1 aliphatic heterocycles. The number of ether oxygens (including phenoxy) is 1. The van der Waals surface area contributed by atoms with E-state index in [1.807, 2.05) is 30.3 Å². The Bertz CT molecular complexity index is 636. The molecule has 2 N–H and O–H groups in total. The number of aryl methyl sites for hydroxylation is 1. The highest BCUT2D eigenvalue weighted by molar-refractivity contribution is 5.78. The van der Waals surface area contributed by atoms with Crippen LogP contribution in [0.2, 0.25) is 0 Å². The average Bonchev–Trinajstić information content (AvgIpc) is 3.02. The van der Waals surface area contributed by atoms with Crippen LogP contribution in [-0.4, -0.2) is 39.3 Å². The number of rotatable bonds is 7. The van der Waals surface area contributed by atoms with Crippen molar-refractivity contribution in [3.05, 3.63) is 36.1 Å². The molecular weight excluding hydrogens is 304 g/mol. The van der Waals surface area contributed by atoms with Crippen molar-refractivity contribution in [2.75, 3.05) is 33.4 Å². The van der Waals surface area contributed by atoms with E-state index in [2.05, 4.69) is 10.6 Å². The highest BCUT2D eigenvalue weighted by Gasteiger charge is 2.32. The molecule has 1 amide bonds. The van der Waals surface area contributed by atoms with E-state index in [4.69, 9.17) is 9.15 Å². The van der Waals surface area contributed by atoms with Crippen molar-refractivity contribution >= 4 is 16.9 Å². The van der Waals surface area contributed by atoms with Crippen LogP contribution in [0, 0.1) is 5.41 Å². The van der Waals surface area contributed by atoms with Crippen LogP contribution in [-0.2, 0) is 16.0 Å². The normalized spacial score (nSPS) is 17.0. The third kappa shape index (κ3) is 4.16. The van der Waals surface area contributed by atoms with Gasteiger partial charge in [0.25, 0.3) is 0 Å². The maximum absolute atomic E-state index is 12.2. The molecule has 1 aromatic carbocycles. The van der Waals surface area contributed by atoms with Crippen molar-refractivity contribution < 1.29 is 13.9 Å². The van der Waals surface area contributed by atoms with E-state index in [1.54, 1.807) is 7.11 Å². The van der Waals surface area contributed by atoms with Crippen molar-refractivity contribution in [3.63, 3.8) is 0 Å². The third-order valence-electron chi connectivity index (χ3n) is 4.85. The molecule has 24 heavy (non-hydrogen) atoms. The second kappa shape index (κ2) is 7.81. The van der Waals surface area contributed by atoms with Gasteiger partial charge in [0.05, 0.1) is 6.61 Å². The molecule has 2 aromatic rings. The Morgan fingerprint density at radius 1 is 1.33 bits per heavy atom. The highest BCUT2D eigenvalue weighted by atomic mass is 16.5. The number of carbonyl (C=O) groups is 1. The molecule has 5 heteroatoms. The highest BCUT2D eigenvalue weighted by Crippen LogP contribution is 2.28. The molecule has 1 fully saturated rings. The lowest BCUT2D eigenvalue weighted by Gasteiger charge is -2.37. The van der Waals surface area contributed by atoms with Gasteiger partial charge in [-0.05, 0) is 38.1 Å². The molecule has 1 saturated heterocycles. The summed E-state index contributed by atoms with van der Waals surface area (Å²) in [5.41, 5.74) is 0.941. The summed E-state index contributed by atoms with van der Waals surface area (Å²) in [5.74, 6) is 0.935. The van der Waals surface area contributed by atoms with Crippen molar-refractivity contribution in [2.24, 2.45) is 5.41 Å². The van der Waals surface area contributed by atoms with E-state index in [9.17, 15) is 4.79 Å². The molecule has 0 aliphatic carbocycles. The van der Waals surface area contributed by atoms with E-state index in [0.29, 0.717) is 26.0 Å². The molecule has 0 radical (unpaired) electrons. The van der Waals surface area contributed by atoms with Crippen molar-refractivity contribution in [1.82, 2.24) is 10.6 Å². The molecule has 0 bridgehead atoms. The molecule has 0 atom stereocenters. The van der Waals surface area contributed by atoms with E-state index < -0.39 is 0 Å². The van der Waals surface area contributed by atoms with Crippen molar-refractivity contribution in [3.8, 4) is 0 Å². The van der Waals surface area contributed by atoms with Crippen LogP contribution >= 0.6 is 0 Å². The van der Waals surface area contributed by atoms with Crippen LogP contribution in [0.25, 0.3) is 11.0 Å². The molecule has 130 valence electrons. The van der Waals surface area contributed by atoms with Gasteiger partial charge in [-0.25, -0.2) is 0 Å². The van der Waals surface area contributed by atoms with Gasteiger partial charge in [0.2, 0.25) is 5.91 Å². The van der Waals surface area contributed by atoms with Crippen LogP contribution in [0.1, 0.15) is 25.0 Å². The predicted molar refractivity (Wildman–Crippen MR) is 94.0 cm³/mol. The summed E-state index contributed by atoms with van der Waals surface area (Å²) in [5, 5.41) is 7.54. The fourth-order valence-electron chi connectivity index (χ4n) is 3.41. The van der Waals surface area contributed by atoms with Crippen LogP contribution in [0.15, 0.2) is 34.7 Å². The van der Waals surface area contributed by atoms with Crippen LogP contribution in [0.4, 0.5) is 0 Å². The maximum Gasteiger partial charge on any atom is 0.220 e. The molecule has 3 rings (SSSR count). The van der Waals surface area contributed by atoms with Crippen LogP contribution in [0.3, 0.4) is 0 Å². The van der Waals surface area contributed by atoms with Gasteiger partial charge in [-0.15, -0.1) is 0 Å². The summed E-state index contributed by atoms with van der Waals surface area (Å²) in [6.07, 6.45) is 3.13. The summed E-state index contributed by atoms with van der Waals surface area (Å²) < 4.78 is 11.1. The minimum Gasteiger partial charge on any atom is -0.461 e. The summed E-state index contributed by atoms with van der Waals surface area (Å²) in [4.78, 5) is 12.2. The van der Waals surface area contributed by atoms with Gasteiger partial charge in [-0.3, -0.25) is 4.79 Å². The van der Waals surface area contributed by atoms with E-state index in [0.717, 1.165) is 42.7 Å². The van der Waals surface area contributed by atoms with Gasteiger partial charge in [0.1, 0.15) is 11.3 Å². The number of piperidine rings is 1. The number of fused-ring (bicyclic) bond motifs is 1. The quantitative estimate of drug-likeness (QED) is 0.819. The zero-order valence-electron chi connectivity index (χ0n) is 14.3. The molecular formula is C19H26N2O3. The number of para-hydroxylation sites is 1. The number of hydrogen-bond acceptors (Lipinski definition) is 4. The summed E-state index contributed by atoms with van der Waals surface area (Å²) in [7, 11) is 1.73. The molecule has 0 unspecified atom stereocenters. The Kier molecular flexibility index (Phi) is 5.53. The van der Waals surface area contributed by atoms with Gasteiger partial charge in [0, 0.05) is 37.3 Å². The second-order valence-corrected chi connectivity index (χ2v) is 6.71. The fraction of sp³-hybridized carbons (Fsp3) is 0.526. The lowest BCUT2D eigenvalue weighted by atomic mass is 9.79. The minimum atomic E-state index is 0.0645. The van der Waals surface area contributed by atoms with E-state index in [-0.39, 0.29) is 11.3 Å². The number of methoxy groups -OCH3 is 1. The second-order valence-electron chi connectivity index (χ2n) is 6.71. The number of nitrogens with one attached hydrogen (secondary N) is 2. The molecule has 2 heterocycles. The molecule has 5 nitrogen and oxygen atoms in total. The minimum absolute atomic E-state index is 0.0645. The Morgan fingerprint density at radius 3 is 2.88 bits per heavy atom. The number of carbonyl (C=O) groups excluding carboxylic acids is 1. The Morgan fingerprint density at radius 2 is 2.12 bits per heavy atom. The van der Waals surface area contributed by atoms with Gasteiger partial charge in [-0.2, -0.15) is 0 Å². The van der Waals surface area contributed by atoms with Gasteiger partial charge in [0.15, 0.2) is 0 Å². The topological polar surface area (TPSA) is 63.5 Å². The summed E-state index contributed by atoms with van der Waals surface area (Å²) in [6, 6.07) is 9.93. The summed E-state index contributed by atoms with van der Waals surface area (Å²) >= 11 is 0. The average molecular weight is 330 g/mol. The maximum atomic E-state index is 12.2. The zero-order chi connectivity index (χ0) is 16.8. The smallest absolute Gasteiger partial charge is 0.220 e. The molecule has 1 aliphatic rings. The van der Waals surface area contributed by atoms with Crippen LogP contribution in [0.5, 0.6) is 0 Å². The number of furan rings is 1. The Labute approximate surface area is 142 Å². The predicted octanol–water partition coefficient (Wildman–Crippen LogP) is 2.50. The number of hydrogen-bond donors (Lipinski definition) is 2. The fourth-order valence-corrected chi connectivity index (χ4v) is 3.41. The first-order valence-corrected chi connectivity index (χ1v) is 8.65. The van der Waals surface area contributed by atoms with E-state index >= 15 is 0 Å². The molecule has 0 spiro atoms. The monoisotopic (exact) mass is 330 g/mol. The first-order chi connectivity index (χ1) is 11.7. The van der Waals surface area contributed by atoms with Crippen molar-refractivity contribution in [1.29, 1.82) is 0 Å². The van der Waals surface area contributed by atoms with Gasteiger partial charge in [-0.1, -0.05) is 18.2 Å². The first-order valence-electron chi connectivity index (χ1n) is 8.65. The van der Waals surface area contributed by atoms with Gasteiger partial charge >= 0.3 is 0 Å². The molecule has 0 saturated carbocycles. The lowest BCUT2D eigenvalue weighted by Crippen LogP contribution is -2.47. The Balaban J connectivity index is 1.49. The summed E-state index contributed by atoms with van der Waals surface area (Å²) in [6.45, 7) is 3.34. The van der Waals surface area contributed by atoms with Crippen LogP contribution < -0.4 is 10.6 Å².